The minimum absolute atomic E-state index is 0.332. The number of hydrogen-bond acceptors (Lipinski definition) is 5. The van der Waals surface area contributed by atoms with Crippen LogP contribution in [-0.2, 0) is 18.6 Å². The van der Waals surface area contributed by atoms with Gasteiger partial charge < -0.3 is 23.0 Å². The first-order chi connectivity index (χ1) is 13.2. The maximum atomic E-state index is 14.0. The Morgan fingerprint density at radius 1 is 0.759 bits per heavy atom. The Balaban J connectivity index is 1.81. The van der Waals surface area contributed by atoms with Gasteiger partial charge in [0.1, 0.15) is 11.4 Å². The summed E-state index contributed by atoms with van der Waals surface area (Å²) in [7, 11) is -1.28. The van der Waals surface area contributed by atoms with Crippen LogP contribution in [0.15, 0.2) is 28.9 Å². The molecule has 8 heteroatoms. The molecule has 0 aliphatic carbocycles. The van der Waals surface area contributed by atoms with E-state index < -0.39 is 42.4 Å². The van der Waals surface area contributed by atoms with Crippen LogP contribution in [0, 0.1) is 5.82 Å². The minimum Gasteiger partial charge on any atom is -0.464 e. The van der Waals surface area contributed by atoms with Gasteiger partial charge >= 0.3 is 14.2 Å². The first-order valence-corrected chi connectivity index (χ1v) is 10.1. The van der Waals surface area contributed by atoms with Crippen molar-refractivity contribution >= 4 is 25.2 Å². The molecule has 29 heavy (non-hydrogen) atoms. The Kier molecular flexibility index (Phi) is 4.56. The molecule has 0 bridgehead atoms. The Bertz CT molecular complexity index is 868. The van der Waals surface area contributed by atoms with E-state index in [9.17, 15) is 4.39 Å². The van der Waals surface area contributed by atoms with Gasteiger partial charge in [-0.15, -0.1) is 0 Å². The lowest BCUT2D eigenvalue weighted by atomic mass is 9.49. The van der Waals surface area contributed by atoms with Crippen LogP contribution in [0.25, 0.3) is 11.0 Å². The fourth-order valence-corrected chi connectivity index (χ4v) is 3.77. The molecule has 3 heterocycles. The first-order valence-electron chi connectivity index (χ1n) is 10.1. The average Bonchev–Trinajstić information content (AvgIpc) is 3.11. The summed E-state index contributed by atoms with van der Waals surface area (Å²) in [5.74, 6) is -0.332. The Hall–Kier alpha value is -1.34. The zero-order chi connectivity index (χ0) is 21.4. The minimum atomic E-state index is -0.640. The molecule has 2 aliphatic heterocycles. The van der Waals surface area contributed by atoms with Crippen LogP contribution in [0.4, 0.5) is 4.39 Å². The average molecular weight is 402 g/mol. The van der Waals surface area contributed by atoms with E-state index in [1.165, 1.54) is 12.1 Å². The van der Waals surface area contributed by atoms with Crippen LogP contribution in [-0.4, -0.2) is 36.6 Å². The molecule has 4 rings (SSSR count). The van der Waals surface area contributed by atoms with Crippen molar-refractivity contribution in [2.75, 3.05) is 0 Å². The summed E-state index contributed by atoms with van der Waals surface area (Å²) < 4.78 is 45.2. The van der Waals surface area contributed by atoms with Crippen molar-refractivity contribution in [1.29, 1.82) is 0 Å². The van der Waals surface area contributed by atoms with Crippen LogP contribution in [0.3, 0.4) is 0 Å². The van der Waals surface area contributed by atoms with Crippen LogP contribution in [0.1, 0.15) is 66.7 Å². The summed E-state index contributed by atoms with van der Waals surface area (Å²) in [5.41, 5.74) is -1.21. The second kappa shape index (κ2) is 6.33. The van der Waals surface area contributed by atoms with Crippen molar-refractivity contribution in [3.8, 4) is 0 Å². The van der Waals surface area contributed by atoms with Crippen LogP contribution in [0.2, 0.25) is 0 Å². The summed E-state index contributed by atoms with van der Waals surface area (Å²) in [6.45, 7) is 16.0. The first kappa shape index (κ1) is 20.9. The van der Waals surface area contributed by atoms with Crippen LogP contribution < -0.4 is 0 Å². The Labute approximate surface area is 172 Å². The van der Waals surface area contributed by atoms with Crippen molar-refractivity contribution in [1.82, 2.24) is 0 Å². The fraction of sp³-hybridized carbons (Fsp3) is 0.619. The predicted octanol–water partition coefficient (Wildman–Crippen LogP) is 4.92. The highest BCUT2D eigenvalue weighted by Gasteiger charge is 2.62. The highest BCUT2D eigenvalue weighted by molar-refractivity contribution is 6.68. The zero-order valence-electron chi connectivity index (χ0n) is 18.5. The van der Waals surface area contributed by atoms with Gasteiger partial charge in [0.25, 0.3) is 0 Å². The molecule has 0 spiro atoms. The third kappa shape index (κ3) is 3.25. The number of rotatable bonds is 3. The lowest BCUT2D eigenvalue weighted by Crippen LogP contribution is -2.41. The molecule has 2 fully saturated rings. The van der Waals surface area contributed by atoms with Gasteiger partial charge in [0.15, 0.2) is 0 Å². The molecule has 156 valence electrons. The van der Waals surface area contributed by atoms with Crippen molar-refractivity contribution in [3.05, 3.63) is 35.8 Å². The monoisotopic (exact) mass is 402 g/mol. The van der Waals surface area contributed by atoms with Crippen molar-refractivity contribution < 1.29 is 27.4 Å². The van der Waals surface area contributed by atoms with Gasteiger partial charge in [-0.2, -0.15) is 0 Å². The molecular formula is C21H29B2FO5. The standard InChI is InChI=1S/C21H29B2FO5/c1-18(2)19(3,4)27-22(26-18)17(23-28-20(5,6)21(7,8)29-23)15-12-25-16-10-9-13(24)11-14(15)16/h9-12,17H,1-8H3. The molecule has 1 aromatic heterocycles. The second-order valence-electron chi connectivity index (χ2n) is 10.1. The van der Waals surface area contributed by atoms with E-state index >= 15 is 0 Å². The quantitative estimate of drug-likeness (QED) is 0.683. The molecule has 5 nitrogen and oxygen atoms in total. The molecule has 0 radical (unpaired) electrons. The van der Waals surface area contributed by atoms with Gasteiger partial charge in [0.2, 0.25) is 0 Å². The van der Waals surface area contributed by atoms with E-state index in [-0.39, 0.29) is 5.82 Å². The fourth-order valence-electron chi connectivity index (χ4n) is 3.77. The van der Waals surface area contributed by atoms with Crippen LogP contribution >= 0.6 is 0 Å². The molecule has 0 atom stereocenters. The highest BCUT2D eigenvalue weighted by Crippen LogP contribution is 2.47. The second-order valence-corrected chi connectivity index (χ2v) is 10.1. The van der Waals surface area contributed by atoms with Gasteiger partial charge in [0.05, 0.1) is 34.4 Å². The third-order valence-corrected chi connectivity index (χ3v) is 7.05. The lowest BCUT2D eigenvalue weighted by molar-refractivity contribution is 0.00578. The van der Waals surface area contributed by atoms with Crippen molar-refractivity contribution in [2.45, 2.75) is 83.5 Å². The summed E-state index contributed by atoms with van der Waals surface area (Å²) in [6, 6.07) is 4.48. The largest absolute Gasteiger partial charge is 0.464 e. The topological polar surface area (TPSA) is 50.1 Å². The summed E-state index contributed by atoms with van der Waals surface area (Å²) in [6.07, 6.45) is 1.63. The van der Waals surface area contributed by atoms with E-state index in [0.717, 1.165) is 5.56 Å². The maximum absolute atomic E-state index is 14.0. The van der Waals surface area contributed by atoms with Gasteiger partial charge in [0, 0.05) is 5.39 Å². The lowest BCUT2D eigenvalue weighted by Gasteiger charge is -2.32. The predicted molar refractivity (Wildman–Crippen MR) is 111 cm³/mol. The van der Waals surface area contributed by atoms with E-state index in [1.807, 2.05) is 55.4 Å². The number of halogens is 1. The number of furan rings is 1. The molecule has 1 aromatic carbocycles. The van der Waals surface area contributed by atoms with E-state index in [2.05, 4.69) is 0 Å². The van der Waals surface area contributed by atoms with Gasteiger partial charge in [-0.25, -0.2) is 4.39 Å². The van der Waals surface area contributed by atoms with E-state index in [0.29, 0.717) is 11.0 Å². The van der Waals surface area contributed by atoms with E-state index in [4.69, 9.17) is 23.0 Å². The molecule has 2 saturated heterocycles. The Morgan fingerprint density at radius 2 is 1.21 bits per heavy atom. The SMILES string of the molecule is CC1(C)OB(C(B2OC(C)(C)C(C)(C)O2)c2coc3ccc(F)cc23)OC1(C)C. The zero-order valence-corrected chi connectivity index (χ0v) is 18.5. The Morgan fingerprint density at radius 3 is 1.66 bits per heavy atom. The number of hydrogen-bond donors (Lipinski definition) is 0. The molecule has 2 aliphatic rings. The van der Waals surface area contributed by atoms with Crippen LogP contribution in [0.5, 0.6) is 0 Å². The van der Waals surface area contributed by atoms with E-state index in [1.54, 1.807) is 12.3 Å². The van der Waals surface area contributed by atoms with Gasteiger partial charge in [-0.1, -0.05) is 0 Å². The number of benzene rings is 1. The number of fused-ring (bicyclic) bond motifs is 1. The molecule has 2 aromatic rings. The summed E-state index contributed by atoms with van der Waals surface area (Å²) in [4.78, 5) is 0. The molecular weight excluding hydrogens is 373 g/mol. The van der Waals surface area contributed by atoms with Crippen molar-refractivity contribution in [3.63, 3.8) is 0 Å². The third-order valence-electron chi connectivity index (χ3n) is 7.05. The highest BCUT2D eigenvalue weighted by atomic mass is 19.1. The summed E-state index contributed by atoms with van der Waals surface area (Å²) >= 11 is 0. The van der Waals surface area contributed by atoms with Crippen molar-refractivity contribution in [2.24, 2.45) is 0 Å². The van der Waals surface area contributed by atoms with Gasteiger partial charge in [-0.3, -0.25) is 0 Å². The molecule has 0 amide bonds. The maximum Gasteiger partial charge on any atom is 0.463 e. The molecule has 0 unspecified atom stereocenters. The normalized spacial score (nSPS) is 24.8. The smallest absolute Gasteiger partial charge is 0.463 e. The molecule has 0 saturated carbocycles. The van der Waals surface area contributed by atoms with Gasteiger partial charge in [-0.05, 0) is 79.2 Å². The summed E-state index contributed by atoms with van der Waals surface area (Å²) in [5, 5.41) is 0.666. The molecule has 0 N–H and O–H groups in total.